The van der Waals surface area contributed by atoms with Gasteiger partial charge in [0.2, 0.25) is 11.7 Å². The van der Waals surface area contributed by atoms with Crippen LogP contribution in [-0.2, 0) is 11.3 Å². The van der Waals surface area contributed by atoms with Crippen LogP contribution < -0.4 is 4.90 Å². The highest BCUT2D eigenvalue weighted by Gasteiger charge is 2.24. The highest BCUT2D eigenvalue weighted by atomic mass is 79.9. The number of carbonyl (C=O) groups excluding carboxylic acids is 1. The zero-order valence-corrected chi connectivity index (χ0v) is 19.5. The molecule has 0 fully saturated rings. The van der Waals surface area contributed by atoms with Gasteiger partial charge in [-0.1, -0.05) is 60.3 Å². The second-order valence-corrected chi connectivity index (χ2v) is 9.06. The number of halogens is 1. The first-order valence-corrected chi connectivity index (χ1v) is 11.4. The summed E-state index contributed by atoms with van der Waals surface area (Å²) in [7, 11) is 1.79. The van der Waals surface area contributed by atoms with Gasteiger partial charge in [-0.3, -0.25) is 9.36 Å². The summed E-state index contributed by atoms with van der Waals surface area (Å²) in [5.74, 6) is 1.23. The Labute approximate surface area is 193 Å². The van der Waals surface area contributed by atoms with Crippen LogP contribution in [-0.4, -0.2) is 33.0 Å². The van der Waals surface area contributed by atoms with Crippen LogP contribution in [0.25, 0.3) is 11.6 Å². The average molecular weight is 497 g/mol. The van der Waals surface area contributed by atoms with Crippen LogP contribution in [0.1, 0.15) is 12.5 Å². The zero-order valence-electron chi connectivity index (χ0n) is 17.1. The molecule has 158 valence electrons. The van der Waals surface area contributed by atoms with E-state index in [1.165, 1.54) is 11.8 Å². The van der Waals surface area contributed by atoms with Crippen molar-refractivity contribution in [1.82, 2.24) is 14.8 Å². The number of hydrogen-bond donors (Lipinski definition) is 0. The first-order chi connectivity index (χ1) is 15.0. The minimum absolute atomic E-state index is 0.00671. The Hall–Kier alpha value is -2.84. The molecule has 0 aliphatic carbocycles. The van der Waals surface area contributed by atoms with Crippen LogP contribution in [0, 0.1) is 0 Å². The van der Waals surface area contributed by atoms with Gasteiger partial charge in [0.25, 0.3) is 0 Å². The molecule has 2 heterocycles. The van der Waals surface area contributed by atoms with Gasteiger partial charge in [-0.15, -0.1) is 10.2 Å². The van der Waals surface area contributed by atoms with E-state index in [4.69, 9.17) is 4.42 Å². The van der Waals surface area contributed by atoms with Gasteiger partial charge >= 0.3 is 0 Å². The first kappa shape index (κ1) is 21.4. The number of carbonyl (C=O) groups is 1. The van der Waals surface area contributed by atoms with Crippen molar-refractivity contribution in [2.45, 2.75) is 23.9 Å². The van der Waals surface area contributed by atoms with E-state index in [1.54, 1.807) is 11.9 Å². The molecule has 0 N–H and O–H groups in total. The third-order valence-electron chi connectivity index (χ3n) is 4.80. The van der Waals surface area contributed by atoms with Gasteiger partial charge in [0, 0.05) is 12.7 Å². The summed E-state index contributed by atoms with van der Waals surface area (Å²) in [6.07, 6.45) is 0. The van der Waals surface area contributed by atoms with Crippen LogP contribution in [0.2, 0.25) is 0 Å². The minimum Gasteiger partial charge on any atom is -0.446 e. The molecule has 0 aliphatic rings. The number of thioether (sulfide) groups is 1. The van der Waals surface area contributed by atoms with Crippen LogP contribution in [0.4, 0.5) is 5.69 Å². The molecule has 0 saturated carbocycles. The van der Waals surface area contributed by atoms with Crippen LogP contribution in [0.3, 0.4) is 0 Å². The molecular weight excluding hydrogens is 476 g/mol. The van der Waals surface area contributed by atoms with Gasteiger partial charge in [-0.05, 0) is 52.7 Å². The van der Waals surface area contributed by atoms with E-state index in [1.807, 2.05) is 84.3 Å². The number of nitrogens with zero attached hydrogens (tertiary/aromatic N) is 4. The molecule has 31 heavy (non-hydrogen) atoms. The molecular formula is C23H21BrN4O2S. The van der Waals surface area contributed by atoms with Crippen molar-refractivity contribution < 1.29 is 9.21 Å². The molecule has 0 spiro atoms. The highest BCUT2D eigenvalue weighted by molar-refractivity contribution is 9.10. The SMILES string of the molecule is C[C@H](Sc1nnc(-c2ccc(Br)o2)n1Cc1ccccc1)C(=O)N(C)c1ccccc1. The van der Waals surface area contributed by atoms with Gasteiger partial charge in [-0.2, -0.15) is 0 Å². The lowest BCUT2D eigenvalue weighted by atomic mass is 10.2. The van der Waals surface area contributed by atoms with Gasteiger partial charge in [0.05, 0.1) is 11.8 Å². The number of hydrogen-bond acceptors (Lipinski definition) is 5. The predicted octanol–water partition coefficient (Wildman–Crippen LogP) is 5.49. The Morgan fingerprint density at radius 1 is 1.06 bits per heavy atom. The van der Waals surface area contributed by atoms with Gasteiger partial charge in [0.1, 0.15) is 0 Å². The number of benzene rings is 2. The zero-order chi connectivity index (χ0) is 21.8. The number of furan rings is 1. The van der Waals surface area contributed by atoms with E-state index < -0.39 is 0 Å². The van der Waals surface area contributed by atoms with E-state index in [2.05, 4.69) is 26.1 Å². The quantitative estimate of drug-likeness (QED) is 0.316. The second kappa shape index (κ2) is 9.53. The minimum atomic E-state index is -0.347. The number of aromatic nitrogens is 3. The number of amides is 1. The topological polar surface area (TPSA) is 64.2 Å². The molecule has 1 amide bonds. The van der Waals surface area contributed by atoms with Crippen molar-refractivity contribution in [3.8, 4) is 11.6 Å². The Bertz CT molecular complexity index is 1160. The van der Waals surface area contributed by atoms with Crippen molar-refractivity contribution >= 4 is 39.3 Å². The van der Waals surface area contributed by atoms with Crippen molar-refractivity contribution in [2.75, 3.05) is 11.9 Å². The molecule has 4 aromatic rings. The number of para-hydroxylation sites is 1. The fourth-order valence-corrected chi connectivity index (χ4v) is 4.41. The molecule has 2 aromatic heterocycles. The average Bonchev–Trinajstić information content (AvgIpc) is 3.40. The van der Waals surface area contributed by atoms with Crippen LogP contribution in [0.15, 0.2) is 87.0 Å². The Balaban J connectivity index is 1.61. The third-order valence-corrected chi connectivity index (χ3v) is 6.29. The second-order valence-electron chi connectivity index (χ2n) is 6.97. The largest absolute Gasteiger partial charge is 0.446 e. The van der Waals surface area contributed by atoms with E-state index in [0.717, 1.165) is 11.3 Å². The predicted molar refractivity (Wildman–Crippen MR) is 126 cm³/mol. The van der Waals surface area contributed by atoms with E-state index in [-0.39, 0.29) is 11.2 Å². The molecule has 6 nitrogen and oxygen atoms in total. The summed E-state index contributed by atoms with van der Waals surface area (Å²) in [5.41, 5.74) is 1.96. The Morgan fingerprint density at radius 2 is 1.74 bits per heavy atom. The summed E-state index contributed by atoms with van der Waals surface area (Å²) in [6.45, 7) is 2.45. The molecule has 0 saturated heterocycles. The molecule has 2 aromatic carbocycles. The van der Waals surface area contributed by atoms with Crippen molar-refractivity contribution in [3.05, 3.63) is 83.0 Å². The van der Waals surface area contributed by atoms with Gasteiger partial charge < -0.3 is 9.32 Å². The lowest BCUT2D eigenvalue weighted by Crippen LogP contribution is -2.33. The fourth-order valence-electron chi connectivity index (χ4n) is 3.16. The van der Waals surface area contributed by atoms with Gasteiger partial charge in [-0.25, -0.2) is 0 Å². The van der Waals surface area contributed by atoms with E-state index in [9.17, 15) is 4.79 Å². The molecule has 0 aliphatic heterocycles. The van der Waals surface area contributed by atoms with Crippen LogP contribution in [0.5, 0.6) is 0 Å². The summed E-state index contributed by atoms with van der Waals surface area (Å²) >= 11 is 4.73. The lowest BCUT2D eigenvalue weighted by molar-refractivity contribution is -0.117. The third kappa shape index (κ3) is 4.91. The maximum Gasteiger partial charge on any atom is 0.240 e. The Kier molecular flexibility index (Phi) is 6.58. The summed E-state index contributed by atoms with van der Waals surface area (Å²) < 4.78 is 8.33. The molecule has 1 atom stereocenters. The highest BCUT2D eigenvalue weighted by Crippen LogP contribution is 2.30. The fraction of sp³-hybridized carbons (Fsp3) is 0.174. The van der Waals surface area contributed by atoms with E-state index in [0.29, 0.717) is 28.0 Å². The molecule has 0 bridgehead atoms. The van der Waals surface area contributed by atoms with Crippen LogP contribution >= 0.6 is 27.7 Å². The molecule has 4 rings (SSSR count). The van der Waals surface area contributed by atoms with Crippen molar-refractivity contribution in [2.24, 2.45) is 0 Å². The van der Waals surface area contributed by atoms with Crippen molar-refractivity contribution in [3.63, 3.8) is 0 Å². The first-order valence-electron chi connectivity index (χ1n) is 9.75. The standard InChI is InChI=1S/C23H21BrN4O2S/c1-16(22(29)27(2)18-11-7-4-8-12-18)31-23-26-25-21(19-13-14-20(24)30-19)28(23)15-17-9-5-3-6-10-17/h3-14,16H,15H2,1-2H3/t16-/m0/s1. The molecule has 0 radical (unpaired) electrons. The van der Waals surface area contributed by atoms with Gasteiger partial charge in [0.15, 0.2) is 15.6 Å². The summed E-state index contributed by atoms with van der Waals surface area (Å²) in [5, 5.41) is 9.06. The maximum atomic E-state index is 13.0. The maximum absolute atomic E-state index is 13.0. The summed E-state index contributed by atoms with van der Waals surface area (Å²) in [4.78, 5) is 14.7. The molecule has 0 unspecified atom stereocenters. The lowest BCUT2D eigenvalue weighted by Gasteiger charge is -2.21. The monoisotopic (exact) mass is 496 g/mol. The number of anilines is 1. The van der Waals surface area contributed by atoms with Crippen molar-refractivity contribution in [1.29, 1.82) is 0 Å². The Morgan fingerprint density at radius 3 is 2.39 bits per heavy atom. The normalized spacial score (nSPS) is 12.0. The number of rotatable bonds is 7. The summed E-state index contributed by atoms with van der Waals surface area (Å²) in [6, 6.07) is 23.3. The smallest absolute Gasteiger partial charge is 0.240 e. The molecule has 8 heteroatoms. The van der Waals surface area contributed by atoms with E-state index >= 15 is 0 Å².